The molecule has 0 radical (unpaired) electrons. The molecule has 1 atom stereocenters. The van der Waals surface area contributed by atoms with Crippen molar-refractivity contribution in [2.45, 2.75) is 25.0 Å². The first kappa shape index (κ1) is 13.4. The largest absolute Gasteiger partial charge is 0.497 e. The Bertz CT molecular complexity index is 469. The zero-order valence-electron chi connectivity index (χ0n) is 11.7. The highest BCUT2D eigenvalue weighted by atomic mass is 16.5. The van der Waals surface area contributed by atoms with Crippen molar-refractivity contribution in [3.05, 3.63) is 29.8 Å². The van der Waals surface area contributed by atoms with E-state index in [1.54, 1.807) is 7.11 Å². The van der Waals surface area contributed by atoms with Crippen molar-refractivity contribution in [3.8, 4) is 5.75 Å². The van der Waals surface area contributed by atoms with Gasteiger partial charge in [-0.1, -0.05) is 12.1 Å². The molecule has 3 rings (SSSR count). The van der Waals surface area contributed by atoms with Gasteiger partial charge in [0.1, 0.15) is 11.9 Å². The first-order valence-corrected chi connectivity index (χ1v) is 7.06. The summed E-state index contributed by atoms with van der Waals surface area (Å²) in [6, 6.07) is 8.17. The van der Waals surface area contributed by atoms with Crippen LogP contribution < -0.4 is 10.1 Å². The van der Waals surface area contributed by atoms with E-state index in [4.69, 9.17) is 9.47 Å². The molecule has 2 saturated heterocycles. The molecule has 1 aromatic rings. The van der Waals surface area contributed by atoms with Gasteiger partial charge in [0.05, 0.1) is 13.7 Å². The number of hydrogen-bond acceptors (Lipinski definition) is 4. The van der Waals surface area contributed by atoms with Crippen molar-refractivity contribution in [2.24, 2.45) is 0 Å². The number of ether oxygens (including phenoxy) is 2. The van der Waals surface area contributed by atoms with Gasteiger partial charge in [-0.05, 0) is 30.5 Å². The van der Waals surface area contributed by atoms with Crippen LogP contribution in [0.4, 0.5) is 0 Å². The lowest BCUT2D eigenvalue weighted by atomic mass is 10.0. The Morgan fingerprint density at radius 2 is 1.95 bits per heavy atom. The molecule has 0 saturated carbocycles. The fourth-order valence-electron chi connectivity index (χ4n) is 2.96. The molecule has 1 aromatic carbocycles. The van der Waals surface area contributed by atoms with Crippen LogP contribution in [0.2, 0.25) is 0 Å². The fourth-order valence-corrected chi connectivity index (χ4v) is 2.96. The lowest BCUT2D eigenvalue weighted by Crippen LogP contribution is -2.42. The molecular weight excluding hydrogens is 256 g/mol. The minimum absolute atomic E-state index is 0.0310. The maximum atomic E-state index is 12.2. The Kier molecular flexibility index (Phi) is 3.89. The van der Waals surface area contributed by atoms with Crippen molar-refractivity contribution in [2.75, 3.05) is 26.9 Å². The molecule has 1 unspecified atom stereocenters. The quantitative estimate of drug-likeness (QED) is 0.904. The van der Waals surface area contributed by atoms with E-state index >= 15 is 0 Å². The van der Waals surface area contributed by atoms with Crippen LogP contribution in [-0.4, -0.2) is 43.7 Å². The lowest BCUT2D eigenvalue weighted by molar-refractivity contribution is -0.132. The average molecular weight is 276 g/mol. The number of amides is 1. The summed E-state index contributed by atoms with van der Waals surface area (Å²) in [5.41, 5.74) is 1.10. The van der Waals surface area contributed by atoms with Crippen molar-refractivity contribution in [1.29, 1.82) is 0 Å². The van der Waals surface area contributed by atoms with E-state index in [1.165, 1.54) is 0 Å². The number of methoxy groups -OCH3 is 1. The van der Waals surface area contributed by atoms with Gasteiger partial charge in [0, 0.05) is 19.3 Å². The molecule has 1 amide bonds. The summed E-state index contributed by atoms with van der Waals surface area (Å²) >= 11 is 0. The van der Waals surface area contributed by atoms with E-state index in [-0.39, 0.29) is 18.1 Å². The molecule has 0 aromatic heterocycles. The Morgan fingerprint density at radius 3 is 2.60 bits per heavy atom. The van der Waals surface area contributed by atoms with Crippen LogP contribution >= 0.6 is 0 Å². The van der Waals surface area contributed by atoms with Gasteiger partial charge < -0.3 is 14.4 Å². The fraction of sp³-hybridized carbons (Fsp3) is 0.533. The molecule has 0 aliphatic carbocycles. The Morgan fingerprint density at radius 1 is 1.25 bits per heavy atom. The van der Waals surface area contributed by atoms with Crippen molar-refractivity contribution in [1.82, 2.24) is 10.2 Å². The second kappa shape index (κ2) is 5.81. The second-order valence-corrected chi connectivity index (χ2v) is 5.20. The molecule has 1 N–H and O–H groups in total. The van der Waals surface area contributed by atoms with Crippen molar-refractivity contribution >= 4 is 5.91 Å². The third-order valence-electron chi connectivity index (χ3n) is 4.03. The number of benzene rings is 1. The summed E-state index contributed by atoms with van der Waals surface area (Å²) in [7, 11) is 1.65. The number of carbonyl (C=O) groups excluding carboxylic acids is 1. The summed E-state index contributed by atoms with van der Waals surface area (Å²) in [6.45, 7) is 1.89. The van der Waals surface area contributed by atoms with Gasteiger partial charge >= 0.3 is 0 Å². The average Bonchev–Trinajstić information content (AvgIpc) is 2.90. The molecular formula is C15H20N2O3. The van der Waals surface area contributed by atoms with Crippen LogP contribution in [0.15, 0.2) is 24.3 Å². The maximum Gasteiger partial charge on any atom is 0.238 e. The Balaban J connectivity index is 1.80. The predicted octanol–water partition coefficient (Wildman–Crippen LogP) is 1.30. The summed E-state index contributed by atoms with van der Waals surface area (Å²) in [4.78, 5) is 14.2. The Hall–Kier alpha value is -1.59. The van der Waals surface area contributed by atoms with Gasteiger partial charge in [0.15, 0.2) is 0 Å². The van der Waals surface area contributed by atoms with Crippen LogP contribution in [0, 0.1) is 0 Å². The van der Waals surface area contributed by atoms with Crippen LogP contribution in [0.5, 0.6) is 5.75 Å². The van der Waals surface area contributed by atoms with E-state index in [9.17, 15) is 4.79 Å². The van der Waals surface area contributed by atoms with Crippen LogP contribution in [0.3, 0.4) is 0 Å². The van der Waals surface area contributed by atoms with E-state index in [2.05, 4.69) is 5.32 Å². The van der Waals surface area contributed by atoms with Crippen molar-refractivity contribution in [3.63, 3.8) is 0 Å². The van der Waals surface area contributed by atoms with Gasteiger partial charge in [0.25, 0.3) is 0 Å². The lowest BCUT2D eigenvalue weighted by Gasteiger charge is -2.35. The normalized spacial score (nSPS) is 24.1. The molecule has 2 aliphatic heterocycles. The number of hydrogen-bond donors (Lipinski definition) is 1. The topological polar surface area (TPSA) is 50.8 Å². The van der Waals surface area contributed by atoms with E-state index in [0.29, 0.717) is 6.54 Å². The van der Waals surface area contributed by atoms with Gasteiger partial charge in [-0.2, -0.15) is 0 Å². The third kappa shape index (κ3) is 2.51. The summed E-state index contributed by atoms with van der Waals surface area (Å²) < 4.78 is 10.6. The third-order valence-corrected chi connectivity index (χ3v) is 4.03. The van der Waals surface area contributed by atoms with E-state index in [0.717, 1.165) is 37.4 Å². The molecule has 108 valence electrons. The molecule has 20 heavy (non-hydrogen) atoms. The van der Waals surface area contributed by atoms with Gasteiger partial charge in [-0.25, -0.2) is 0 Å². The number of carbonyl (C=O) groups is 1. The molecule has 5 heteroatoms. The Labute approximate surface area is 118 Å². The molecule has 2 fully saturated rings. The molecule has 2 heterocycles. The molecule has 2 aliphatic rings. The van der Waals surface area contributed by atoms with Crippen LogP contribution in [-0.2, 0) is 9.53 Å². The summed E-state index contributed by atoms with van der Waals surface area (Å²) in [5.74, 6) is 1.01. The zero-order chi connectivity index (χ0) is 13.9. The van der Waals surface area contributed by atoms with Crippen molar-refractivity contribution < 1.29 is 14.3 Å². The maximum absolute atomic E-state index is 12.2. The molecule has 0 bridgehead atoms. The minimum Gasteiger partial charge on any atom is -0.497 e. The highest BCUT2D eigenvalue weighted by Gasteiger charge is 2.37. The number of nitrogens with zero attached hydrogens (tertiary/aromatic N) is 1. The SMILES string of the molecule is COc1ccc(C2NCC(=O)N2C2CCOCC2)cc1. The molecule has 5 nitrogen and oxygen atoms in total. The van der Waals surface area contributed by atoms with E-state index in [1.807, 2.05) is 29.2 Å². The first-order valence-electron chi connectivity index (χ1n) is 7.06. The number of rotatable bonds is 3. The number of nitrogens with one attached hydrogen (secondary N) is 1. The second-order valence-electron chi connectivity index (χ2n) is 5.20. The van der Waals surface area contributed by atoms with E-state index < -0.39 is 0 Å². The monoisotopic (exact) mass is 276 g/mol. The first-order chi connectivity index (χ1) is 9.79. The highest BCUT2D eigenvalue weighted by Crippen LogP contribution is 2.29. The standard InChI is InChI=1S/C15H20N2O3/c1-19-13-4-2-11(3-5-13)15-16-10-14(18)17(15)12-6-8-20-9-7-12/h2-5,12,15-16H,6-10H2,1H3. The van der Waals surface area contributed by atoms with Gasteiger partial charge in [0.2, 0.25) is 5.91 Å². The predicted molar refractivity (Wildman–Crippen MR) is 74.4 cm³/mol. The van der Waals surface area contributed by atoms with Gasteiger partial charge in [-0.3, -0.25) is 10.1 Å². The summed E-state index contributed by atoms with van der Waals surface area (Å²) in [5, 5.41) is 3.30. The van der Waals surface area contributed by atoms with Gasteiger partial charge in [-0.15, -0.1) is 0 Å². The zero-order valence-corrected chi connectivity index (χ0v) is 11.7. The van der Waals surface area contributed by atoms with Crippen LogP contribution in [0.25, 0.3) is 0 Å². The molecule has 0 spiro atoms. The van der Waals surface area contributed by atoms with Crippen LogP contribution in [0.1, 0.15) is 24.6 Å². The smallest absolute Gasteiger partial charge is 0.238 e. The highest BCUT2D eigenvalue weighted by molar-refractivity contribution is 5.81. The minimum atomic E-state index is -0.0310. The summed E-state index contributed by atoms with van der Waals surface area (Å²) in [6.07, 6.45) is 1.80.